The van der Waals surface area contributed by atoms with E-state index < -0.39 is 22.0 Å². The number of rotatable bonds is 6. The molecule has 2 rings (SSSR count). The number of aliphatic carboxylic acids is 1. The number of nitrogens with zero attached hydrogens (tertiary/aromatic N) is 1. The summed E-state index contributed by atoms with van der Waals surface area (Å²) in [5, 5.41) is 11.9. The fourth-order valence-electron chi connectivity index (χ4n) is 2.77. The molecular weight excluding hydrogens is 332 g/mol. The van der Waals surface area contributed by atoms with Crippen molar-refractivity contribution in [3.8, 4) is 0 Å². The topological polar surface area (TPSA) is 104 Å². The van der Waals surface area contributed by atoms with E-state index in [1.54, 1.807) is 37.3 Å². The summed E-state index contributed by atoms with van der Waals surface area (Å²) in [6.45, 7) is 2.17. The van der Waals surface area contributed by atoms with Crippen LogP contribution in [-0.4, -0.2) is 48.5 Å². The number of piperidine rings is 1. The minimum atomic E-state index is -3.24. The number of carbonyl (C=O) groups is 2. The van der Waals surface area contributed by atoms with Gasteiger partial charge in [-0.3, -0.25) is 4.79 Å². The molecule has 0 radical (unpaired) electrons. The van der Waals surface area contributed by atoms with Crippen molar-refractivity contribution in [3.63, 3.8) is 0 Å². The van der Waals surface area contributed by atoms with E-state index in [2.05, 4.69) is 5.32 Å². The molecule has 1 aliphatic heterocycles. The minimum absolute atomic E-state index is 0.0406. The average Bonchev–Trinajstić information content (AvgIpc) is 2.60. The molecule has 7 nitrogen and oxygen atoms in total. The summed E-state index contributed by atoms with van der Waals surface area (Å²) in [6.07, 6.45) is 0.790. The third-order valence-corrected chi connectivity index (χ3v) is 6.13. The Morgan fingerprint density at radius 1 is 1.25 bits per heavy atom. The number of hydrogen-bond acceptors (Lipinski definition) is 4. The van der Waals surface area contributed by atoms with Gasteiger partial charge in [-0.25, -0.2) is 17.5 Å². The monoisotopic (exact) mass is 354 g/mol. The second kappa shape index (κ2) is 7.76. The number of carboxylic acids is 1. The normalized spacial score (nSPS) is 18.0. The Morgan fingerprint density at radius 3 is 2.33 bits per heavy atom. The van der Waals surface area contributed by atoms with E-state index >= 15 is 0 Å². The zero-order chi connectivity index (χ0) is 17.7. The SMILES string of the molecule is CCS(=O)(=O)N1CCC(C(=O)N[C@@H](C(=O)O)c2ccccc2)CC1. The van der Waals surface area contributed by atoms with Crippen LogP contribution >= 0.6 is 0 Å². The maximum Gasteiger partial charge on any atom is 0.330 e. The molecule has 1 aromatic carbocycles. The molecule has 1 amide bonds. The van der Waals surface area contributed by atoms with Gasteiger partial charge in [0, 0.05) is 19.0 Å². The van der Waals surface area contributed by atoms with Crippen molar-refractivity contribution < 1.29 is 23.1 Å². The maximum atomic E-state index is 12.4. The summed E-state index contributed by atoms with van der Waals surface area (Å²) in [5.74, 6) is -1.81. The van der Waals surface area contributed by atoms with Gasteiger partial charge in [0.15, 0.2) is 6.04 Å². The third-order valence-electron chi connectivity index (χ3n) is 4.25. The fourth-order valence-corrected chi connectivity index (χ4v) is 3.90. The Balaban J connectivity index is 1.99. The number of carbonyl (C=O) groups excluding carboxylic acids is 1. The van der Waals surface area contributed by atoms with Gasteiger partial charge in [0.25, 0.3) is 0 Å². The van der Waals surface area contributed by atoms with Gasteiger partial charge in [0.1, 0.15) is 0 Å². The molecule has 2 N–H and O–H groups in total. The smallest absolute Gasteiger partial charge is 0.330 e. The number of hydrogen-bond donors (Lipinski definition) is 2. The Morgan fingerprint density at radius 2 is 1.83 bits per heavy atom. The zero-order valence-corrected chi connectivity index (χ0v) is 14.3. The Hall–Kier alpha value is -1.93. The molecule has 1 aliphatic rings. The lowest BCUT2D eigenvalue weighted by molar-refractivity contribution is -0.142. The molecule has 0 aliphatic carbocycles. The molecule has 0 bridgehead atoms. The fraction of sp³-hybridized carbons (Fsp3) is 0.500. The molecular formula is C16H22N2O5S. The van der Waals surface area contributed by atoms with Gasteiger partial charge < -0.3 is 10.4 Å². The molecule has 0 aromatic heterocycles. The Kier molecular flexibility index (Phi) is 5.95. The van der Waals surface area contributed by atoms with Crippen molar-refractivity contribution in [2.24, 2.45) is 5.92 Å². The van der Waals surface area contributed by atoms with Crippen LogP contribution in [0.25, 0.3) is 0 Å². The van der Waals surface area contributed by atoms with Gasteiger partial charge in [0.05, 0.1) is 5.75 Å². The van der Waals surface area contributed by atoms with Crippen molar-refractivity contribution in [3.05, 3.63) is 35.9 Å². The maximum absolute atomic E-state index is 12.4. The Labute approximate surface area is 141 Å². The summed E-state index contributed by atoms with van der Waals surface area (Å²) in [6, 6.07) is 7.40. The lowest BCUT2D eigenvalue weighted by Crippen LogP contribution is -2.45. The molecule has 0 saturated carbocycles. The third kappa shape index (κ3) is 4.33. The van der Waals surface area contributed by atoms with Gasteiger partial charge in [-0.2, -0.15) is 0 Å². The summed E-state index contributed by atoms with van der Waals surface area (Å²) in [4.78, 5) is 23.8. The average molecular weight is 354 g/mol. The quantitative estimate of drug-likeness (QED) is 0.793. The molecule has 1 aromatic rings. The van der Waals surface area contributed by atoms with E-state index in [0.29, 0.717) is 18.4 Å². The van der Waals surface area contributed by atoms with Crippen LogP contribution in [0.5, 0.6) is 0 Å². The van der Waals surface area contributed by atoms with Crippen LogP contribution in [0.1, 0.15) is 31.4 Å². The molecule has 24 heavy (non-hydrogen) atoms. The summed E-state index contributed by atoms with van der Waals surface area (Å²) >= 11 is 0. The molecule has 0 unspecified atom stereocenters. The Bertz CT molecular complexity index is 682. The zero-order valence-electron chi connectivity index (χ0n) is 13.5. The second-order valence-electron chi connectivity index (χ2n) is 5.76. The summed E-state index contributed by atoms with van der Waals surface area (Å²) in [5.41, 5.74) is 0.504. The van der Waals surface area contributed by atoms with Gasteiger partial charge in [-0.15, -0.1) is 0 Å². The highest BCUT2D eigenvalue weighted by molar-refractivity contribution is 7.89. The lowest BCUT2D eigenvalue weighted by Gasteiger charge is -2.30. The van der Waals surface area contributed by atoms with Gasteiger partial charge in [-0.1, -0.05) is 30.3 Å². The molecule has 1 saturated heterocycles. The van der Waals surface area contributed by atoms with Crippen LogP contribution in [0.15, 0.2) is 30.3 Å². The molecule has 1 heterocycles. The van der Waals surface area contributed by atoms with Crippen LogP contribution in [0, 0.1) is 5.92 Å². The van der Waals surface area contributed by atoms with Crippen LogP contribution in [-0.2, 0) is 19.6 Å². The van der Waals surface area contributed by atoms with Crippen molar-refractivity contribution in [2.45, 2.75) is 25.8 Å². The largest absolute Gasteiger partial charge is 0.479 e. The first-order chi connectivity index (χ1) is 11.3. The molecule has 8 heteroatoms. The van der Waals surface area contributed by atoms with E-state index in [4.69, 9.17) is 0 Å². The number of amides is 1. The van der Waals surface area contributed by atoms with E-state index in [-0.39, 0.29) is 30.7 Å². The van der Waals surface area contributed by atoms with Crippen molar-refractivity contribution >= 4 is 21.9 Å². The van der Waals surface area contributed by atoms with Crippen LogP contribution in [0.4, 0.5) is 0 Å². The minimum Gasteiger partial charge on any atom is -0.479 e. The summed E-state index contributed by atoms with van der Waals surface area (Å²) in [7, 11) is -3.24. The first-order valence-electron chi connectivity index (χ1n) is 7.91. The van der Waals surface area contributed by atoms with Crippen molar-refractivity contribution in [2.75, 3.05) is 18.8 Å². The second-order valence-corrected chi connectivity index (χ2v) is 8.02. The number of nitrogens with one attached hydrogen (secondary N) is 1. The van der Waals surface area contributed by atoms with E-state index in [0.717, 1.165) is 0 Å². The van der Waals surface area contributed by atoms with E-state index in [1.165, 1.54) is 4.31 Å². The van der Waals surface area contributed by atoms with Gasteiger partial charge in [0.2, 0.25) is 15.9 Å². The van der Waals surface area contributed by atoms with Crippen LogP contribution in [0.2, 0.25) is 0 Å². The van der Waals surface area contributed by atoms with E-state index in [9.17, 15) is 23.1 Å². The molecule has 1 atom stereocenters. The van der Waals surface area contributed by atoms with Crippen molar-refractivity contribution in [1.82, 2.24) is 9.62 Å². The van der Waals surface area contributed by atoms with E-state index in [1.807, 2.05) is 0 Å². The van der Waals surface area contributed by atoms with Crippen molar-refractivity contribution in [1.29, 1.82) is 0 Å². The summed E-state index contributed by atoms with van der Waals surface area (Å²) < 4.78 is 25.1. The predicted octanol–water partition coefficient (Wildman–Crippen LogP) is 0.990. The first kappa shape index (κ1) is 18.4. The van der Waals surface area contributed by atoms with Crippen LogP contribution < -0.4 is 5.32 Å². The van der Waals surface area contributed by atoms with Gasteiger partial charge >= 0.3 is 5.97 Å². The highest BCUT2D eigenvalue weighted by Gasteiger charge is 2.32. The number of benzene rings is 1. The first-order valence-corrected chi connectivity index (χ1v) is 9.52. The number of carboxylic acid groups (broad SMARTS) is 1. The lowest BCUT2D eigenvalue weighted by atomic mass is 9.96. The molecule has 0 spiro atoms. The van der Waals surface area contributed by atoms with Gasteiger partial charge in [-0.05, 0) is 25.3 Å². The standard InChI is InChI=1S/C16H22N2O5S/c1-2-24(22,23)18-10-8-13(9-11-18)15(19)17-14(16(20)21)12-6-4-3-5-7-12/h3-7,13-14H,2,8-11H2,1H3,(H,17,19)(H,20,21)/t14-/m1/s1. The highest BCUT2D eigenvalue weighted by Crippen LogP contribution is 2.22. The predicted molar refractivity (Wildman–Crippen MR) is 88.7 cm³/mol. The highest BCUT2D eigenvalue weighted by atomic mass is 32.2. The van der Waals surface area contributed by atoms with Crippen LogP contribution in [0.3, 0.4) is 0 Å². The number of sulfonamides is 1. The molecule has 1 fully saturated rings. The molecule has 132 valence electrons.